The molecule has 16 heavy (non-hydrogen) atoms. The highest BCUT2D eigenvalue weighted by molar-refractivity contribution is 9.10. The van der Waals surface area contributed by atoms with Crippen molar-refractivity contribution in [1.82, 2.24) is 4.31 Å². The molecule has 1 aromatic carbocycles. The van der Waals surface area contributed by atoms with Gasteiger partial charge in [0, 0.05) is 16.8 Å². The lowest BCUT2D eigenvalue weighted by molar-refractivity contribution is 0.439. The maximum atomic E-state index is 11.6. The topological polar surface area (TPSA) is 37.4 Å². The summed E-state index contributed by atoms with van der Waals surface area (Å²) >= 11 is 5.04. The minimum atomic E-state index is -3.11. The summed E-state index contributed by atoms with van der Waals surface area (Å²) < 4.78 is 25.7. The molecule has 6 heteroatoms. The van der Waals surface area contributed by atoms with Gasteiger partial charge in [0.05, 0.1) is 11.6 Å². The van der Waals surface area contributed by atoms with Crippen molar-refractivity contribution in [2.45, 2.75) is 5.37 Å². The zero-order valence-electron chi connectivity index (χ0n) is 8.76. The molecule has 0 aromatic heterocycles. The van der Waals surface area contributed by atoms with E-state index in [2.05, 4.69) is 15.9 Å². The van der Waals surface area contributed by atoms with Crippen LogP contribution in [0.3, 0.4) is 0 Å². The van der Waals surface area contributed by atoms with Gasteiger partial charge in [0.15, 0.2) is 0 Å². The molecule has 0 amide bonds. The first-order chi connectivity index (χ1) is 7.48. The average molecular weight is 322 g/mol. The largest absolute Gasteiger partial charge is 0.212 e. The predicted octanol–water partition coefficient (Wildman–Crippen LogP) is 2.46. The van der Waals surface area contributed by atoms with E-state index in [4.69, 9.17) is 0 Å². The van der Waals surface area contributed by atoms with Gasteiger partial charge in [0.2, 0.25) is 10.0 Å². The second kappa shape index (κ2) is 4.68. The third-order valence-electron chi connectivity index (χ3n) is 2.43. The highest BCUT2D eigenvalue weighted by Gasteiger charge is 2.32. The van der Waals surface area contributed by atoms with E-state index in [0.29, 0.717) is 6.54 Å². The number of nitrogens with zero attached hydrogens (tertiary/aromatic N) is 1. The number of rotatable bonds is 2. The summed E-state index contributed by atoms with van der Waals surface area (Å²) in [6.45, 7) is 0.601. The maximum absolute atomic E-state index is 11.6. The van der Waals surface area contributed by atoms with Crippen LogP contribution >= 0.6 is 27.7 Å². The molecule has 3 nitrogen and oxygen atoms in total. The summed E-state index contributed by atoms with van der Waals surface area (Å²) in [5, 5.41) is -0.0666. The van der Waals surface area contributed by atoms with Crippen LogP contribution < -0.4 is 0 Å². The van der Waals surface area contributed by atoms with Crippen molar-refractivity contribution in [2.24, 2.45) is 0 Å². The Labute approximate surface area is 108 Å². The van der Waals surface area contributed by atoms with Gasteiger partial charge < -0.3 is 0 Å². The first-order valence-corrected chi connectivity index (χ1v) is 8.51. The second-order valence-corrected chi connectivity index (χ2v) is 7.69. The smallest absolute Gasteiger partial charge is 0.212 e. The Kier molecular flexibility index (Phi) is 3.63. The fourth-order valence-corrected chi connectivity index (χ4v) is 4.75. The van der Waals surface area contributed by atoms with Crippen LogP contribution in [0.2, 0.25) is 0 Å². The van der Waals surface area contributed by atoms with E-state index in [1.54, 1.807) is 16.1 Å². The molecular weight excluding hydrogens is 310 g/mol. The van der Waals surface area contributed by atoms with Crippen molar-refractivity contribution in [1.29, 1.82) is 0 Å². The normalized spacial score (nSPS) is 22.5. The van der Waals surface area contributed by atoms with Gasteiger partial charge in [-0.3, -0.25) is 0 Å². The monoisotopic (exact) mass is 321 g/mol. The summed E-state index contributed by atoms with van der Waals surface area (Å²) in [4.78, 5) is 0. The molecule has 0 saturated carbocycles. The molecule has 0 N–H and O–H groups in total. The number of sulfonamides is 1. The fourth-order valence-electron chi connectivity index (χ4n) is 1.68. The van der Waals surface area contributed by atoms with Crippen molar-refractivity contribution < 1.29 is 8.42 Å². The average Bonchev–Trinajstić information content (AvgIpc) is 2.66. The lowest BCUT2D eigenvalue weighted by atomic mass is 10.2. The molecule has 1 atom stereocenters. The van der Waals surface area contributed by atoms with Crippen molar-refractivity contribution in [3.63, 3.8) is 0 Å². The van der Waals surface area contributed by atoms with E-state index in [0.717, 1.165) is 15.8 Å². The van der Waals surface area contributed by atoms with Gasteiger partial charge >= 0.3 is 0 Å². The van der Waals surface area contributed by atoms with Crippen molar-refractivity contribution in [3.05, 3.63) is 34.3 Å². The number of thioether (sulfide) groups is 1. The molecule has 1 aliphatic heterocycles. The van der Waals surface area contributed by atoms with Gasteiger partial charge in [-0.1, -0.05) is 28.1 Å². The van der Waals surface area contributed by atoms with Crippen molar-refractivity contribution in [3.8, 4) is 0 Å². The molecule has 0 spiro atoms. The highest BCUT2D eigenvalue weighted by atomic mass is 79.9. The van der Waals surface area contributed by atoms with E-state index in [1.165, 1.54) is 6.26 Å². The van der Waals surface area contributed by atoms with Crippen LogP contribution in [0.5, 0.6) is 0 Å². The number of hydrogen-bond donors (Lipinski definition) is 0. The molecule has 1 aromatic rings. The Balaban J connectivity index is 2.30. The quantitative estimate of drug-likeness (QED) is 0.839. The van der Waals surface area contributed by atoms with Crippen LogP contribution in [0.15, 0.2) is 28.7 Å². The van der Waals surface area contributed by atoms with Crippen LogP contribution in [-0.2, 0) is 10.0 Å². The van der Waals surface area contributed by atoms with Gasteiger partial charge in [0.1, 0.15) is 0 Å². The number of benzene rings is 1. The number of hydrogen-bond acceptors (Lipinski definition) is 3. The van der Waals surface area contributed by atoms with E-state index in [9.17, 15) is 8.42 Å². The van der Waals surface area contributed by atoms with Crippen LogP contribution in [0.1, 0.15) is 10.9 Å². The molecule has 0 unspecified atom stereocenters. The molecular formula is C10H12BrNO2S2. The Morgan fingerprint density at radius 2 is 2.00 bits per heavy atom. The SMILES string of the molecule is CS(=O)(=O)N1CCS[C@H]1c1ccc(Br)cc1. The maximum Gasteiger partial charge on any atom is 0.212 e. The standard InChI is InChI=1S/C10H12BrNO2S2/c1-16(13,14)12-6-7-15-10(12)8-2-4-9(11)5-3-8/h2-5,10H,6-7H2,1H3/t10-/m0/s1. The molecule has 0 radical (unpaired) electrons. The first kappa shape index (κ1) is 12.4. The molecule has 0 bridgehead atoms. The van der Waals surface area contributed by atoms with Crippen LogP contribution in [0, 0.1) is 0 Å². The van der Waals surface area contributed by atoms with Gasteiger partial charge in [-0.25, -0.2) is 8.42 Å². The molecule has 1 aliphatic rings. The van der Waals surface area contributed by atoms with E-state index in [1.807, 2.05) is 24.3 Å². The summed E-state index contributed by atoms with van der Waals surface area (Å²) in [6, 6.07) is 7.81. The molecule has 1 fully saturated rings. The van der Waals surface area contributed by atoms with E-state index < -0.39 is 10.0 Å². The lowest BCUT2D eigenvalue weighted by Crippen LogP contribution is -2.29. The predicted molar refractivity (Wildman–Crippen MR) is 70.9 cm³/mol. The zero-order valence-corrected chi connectivity index (χ0v) is 12.0. The van der Waals surface area contributed by atoms with Crippen molar-refractivity contribution in [2.75, 3.05) is 18.6 Å². The third-order valence-corrected chi connectivity index (χ3v) is 5.60. The first-order valence-electron chi connectivity index (χ1n) is 4.82. The molecule has 1 heterocycles. The highest BCUT2D eigenvalue weighted by Crippen LogP contribution is 2.39. The minimum Gasteiger partial charge on any atom is -0.212 e. The van der Waals surface area contributed by atoms with Gasteiger partial charge in [-0.05, 0) is 17.7 Å². The van der Waals surface area contributed by atoms with Crippen LogP contribution in [0.25, 0.3) is 0 Å². The van der Waals surface area contributed by atoms with Gasteiger partial charge in [-0.2, -0.15) is 4.31 Å². The fraction of sp³-hybridized carbons (Fsp3) is 0.400. The third kappa shape index (κ3) is 2.61. The number of halogens is 1. The second-order valence-electron chi connectivity index (χ2n) is 3.65. The van der Waals surface area contributed by atoms with Gasteiger partial charge in [-0.15, -0.1) is 11.8 Å². The molecule has 2 rings (SSSR count). The minimum absolute atomic E-state index is 0.0666. The lowest BCUT2D eigenvalue weighted by Gasteiger charge is -2.21. The van der Waals surface area contributed by atoms with Gasteiger partial charge in [0.25, 0.3) is 0 Å². The molecule has 1 saturated heterocycles. The molecule has 0 aliphatic carbocycles. The summed E-state index contributed by atoms with van der Waals surface area (Å²) in [5.41, 5.74) is 1.04. The Morgan fingerprint density at radius 1 is 1.38 bits per heavy atom. The van der Waals surface area contributed by atoms with Crippen molar-refractivity contribution >= 4 is 37.7 Å². The van der Waals surface area contributed by atoms with Crippen LogP contribution in [0.4, 0.5) is 0 Å². The zero-order chi connectivity index (χ0) is 11.8. The van der Waals surface area contributed by atoms with Crippen LogP contribution in [-0.4, -0.2) is 31.3 Å². The van der Waals surface area contributed by atoms with E-state index in [-0.39, 0.29) is 5.37 Å². The summed E-state index contributed by atoms with van der Waals surface area (Å²) in [6.07, 6.45) is 1.27. The summed E-state index contributed by atoms with van der Waals surface area (Å²) in [5.74, 6) is 0.855. The van der Waals surface area contributed by atoms with E-state index >= 15 is 0 Å². The summed E-state index contributed by atoms with van der Waals surface area (Å²) in [7, 11) is -3.11. The Hall–Kier alpha value is -0.0400. The Bertz CT molecular complexity index is 472. The Morgan fingerprint density at radius 3 is 2.56 bits per heavy atom. The molecule has 88 valence electrons.